The molecule has 0 bridgehead atoms. The number of hydrogen-bond acceptors (Lipinski definition) is 3. The van der Waals surface area contributed by atoms with Crippen molar-refractivity contribution in [2.45, 2.75) is 44.8 Å². The molecule has 88 valence electrons. The van der Waals surface area contributed by atoms with E-state index in [1.54, 1.807) is 6.92 Å². The predicted octanol–water partition coefficient (Wildman–Crippen LogP) is 0.343. The first-order valence-corrected chi connectivity index (χ1v) is 5.70. The molecule has 0 saturated heterocycles. The smallest absolute Gasteiger partial charge is 0.234 e. The molecule has 0 aromatic rings. The third kappa shape index (κ3) is 3.47. The number of carbonyl (C=O) groups excluding carboxylic acids is 1. The SMILES string of the molecule is CC(C(N)=O)N(C)CC1CCCCC1O. The maximum atomic E-state index is 11.0. The van der Waals surface area contributed by atoms with Gasteiger partial charge in [-0.2, -0.15) is 0 Å². The number of aliphatic hydroxyl groups excluding tert-OH is 1. The molecule has 3 unspecified atom stereocenters. The van der Waals surface area contributed by atoms with E-state index in [1.165, 1.54) is 6.42 Å². The zero-order valence-electron chi connectivity index (χ0n) is 9.65. The normalized spacial score (nSPS) is 29.1. The average Bonchev–Trinajstić information content (AvgIpc) is 2.20. The van der Waals surface area contributed by atoms with Crippen molar-refractivity contribution in [3.63, 3.8) is 0 Å². The third-order valence-electron chi connectivity index (χ3n) is 3.46. The number of nitrogens with two attached hydrogens (primary N) is 1. The van der Waals surface area contributed by atoms with Gasteiger partial charge >= 0.3 is 0 Å². The molecule has 0 heterocycles. The fourth-order valence-electron chi connectivity index (χ4n) is 2.15. The minimum Gasteiger partial charge on any atom is -0.393 e. The van der Waals surface area contributed by atoms with Crippen LogP contribution in [0.15, 0.2) is 0 Å². The highest BCUT2D eigenvalue weighted by Gasteiger charge is 2.26. The summed E-state index contributed by atoms with van der Waals surface area (Å²) in [6.07, 6.45) is 4.04. The van der Waals surface area contributed by atoms with Gasteiger partial charge in [0.1, 0.15) is 0 Å². The second kappa shape index (κ2) is 5.47. The summed E-state index contributed by atoms with van der Waals surface area (Å²) in [6, 6.07) is -0.251. The van der Waals surface area contributed by atoms with Crippen LogP contribution in [0.4, 0.5) is 0 Å². The lowest BCUT2D eigenvalue weighted by Gasteiger charge is -2.32. The van der Waals surface area contributed by atoms with Gasteiger partial charge in [0.2, 0.25) is 5.91 Å². The van der Waals surface area contributed by atoms with E-state index < -0.39 is 0 Å². The minimum atomic E-state index is -0.303. The molecule has 0 aliphatic heterocycles. The van der Waals surface area contributed by atoms with Crippen LogP contribution >= 0.6 is 0 Å². The molecule has 0 aromatic heterocycles. The Kier molecular flexibility index (Phi) is 4.54. The van der Waals surface area contributed by atoms with Crippen LogP contribution < -0.4 is 5.73 Å². The number of likely N-dealkylation sites (N-methyl/N-ethyl adjacent to an activating group) is 1. The van der Waals surface area contributed by atoms with Crippen molar-refractivity contribution >= 4 is 5.91 Å². The van der Waals surface area contributed by atoms with Crippen LogP contribution in [0.2, 0.25) is 0 Å². The van der Waals surface area contributed by atoms with Gasteiger partial charge in [0.15, 0.2) is 0 Å². The van der Waals surface area contributed by atoms with Crippen molar-refractivity contribution in [1.29, 1.82) is 0 Å². The number of primary amides is 1. The maximum Gasteiger partial charge on any atom is 0.234 e. The molecule has 1 fully saturated rings. The van der Waals surface area contributed by atoms with E-state index in [9.17, 15) is 9.90 Å². The Morgan fingerprint density at radius 1 is 1.53 bits per heavy atom. The lowest BCUT2D eigenvalue weighted by Crippen LogP contribution is -2.44. The highest BCUT2D eigenvalue weighted by molar-refractivity contribution is 5.79. The van der Waals surface area contributed by atoms with Crippen molar-refractivity contribution in [2.75, 3.05) is 13.6 Å². The lowest BCUT2D eigenvalue weighted by atomic mass is 9.86. The molecule has 15 heavy (non-hydrogen) atoms. The van der Waals surface area contributed by atoms with Gasteiger partial charge in [-0.25, -0.2) is 0 Å². The van der Waals surface area contributed by atoms with Crippen LogP contribution in [0, 0.1) is 5.92 Å². The first kappa shape index (κ1) is 12.5. The lowest BCUT2D eigenvalue weighted by molar-refractivity contribution is -0.122. The largest absolute Gasteiger partial charge is 0.393 e. The molecule has 3 N–H and O–H groups in total. The standard InChI is InChI=1S/C11H22N2O2/c1-8(11(12)15)13(2)7-9-5-3-4-6-10(9)14/h8-10,14H,3-7H2,1-2H3,(H2,12,15). The van der Waals surface area contributed by atoms with Crippen molar-refractivity contribution in [1.82, 2.24) is 4.90 Å². The number of carbonyl (C=O) groups is 1. The third-order valence-corrected chi connectivity index (χ3v) is 3.46. The molecule has 1 amide bonds. The summed E-state index contributed by atoms with van der Waals surface area (Å²) in [5.41, 5.74) is 5.23. The molecule has 0 spiro atoms. The first-order valence-electron chi connectivity index (χ1n) is 5.70. The van der Waals surface area contributed by atoms with Crippen LogP contribution in [0.5, 0.6) is 0 Å². The van der Waals surface area contributed by atoms with Crippen molar-refractivity contribution in [3.05, 3.63) is 0 Å². The second-order valence-electron chi connectivity index (χ2n) is 4.63. The van der Waals surface area contributed by atoms with E-state index in [0.29, 0.717) is 5.92 Å². The summed E-state index contributed by atoms with van der Waals surface area (Å²) in [4.78, 5) is 12.9. The number of aliphatic hydroxyl groups is 1. The molecule has 4 nitrogen and oxygen atoms in total. The summed E-state index contributed by atoms with van der Waals surface area (Å²) in [7, 11) is 1.89. The molecule has 3 atom stereocenters. The fourth-order valence-corrected chi connectivity index (χ4v) is 2.15. The van der Waals surface area contributed by atoms with Gasteiger partial charge in [-0.1, -0.05) is 12.8 Å². The highest BCUT2D eigenvalue weighted by atomic mass is 16.3. The molecule has 1 aliphatic rings. The Bertz CT molecular complexity index is 221. The number of nitrogens with zero attached hydrogens (tertiary/aromatic N) is 1. The average molecular weight is 214 g/mol. The highest BCUT2D eigenvalue weighted by Crippen LogP contribution is 2.25. The van der Waals surface area contributed by atoms with Crippen LogP contribution in [-0.4, -0.2) is 41.7 Å². The summed E-state index contributed by atoms with van der Waals surface area (Å²) in [5, 5.41) is 9.80. The quantitative estimate of drug-likeness (QED) is 0.709. The monoisotopic (exact) mass is 214 g/mol. The van der Waals surface area contributed by atoms with Crippen molar-refractivity contribution in [3.8, 4) is 0 Å². The number of rotatable bonds is 4. The van der Waals surface area contributed by atoms with E-state index >= 15 is 0 Å². The van der Waals surface area contributed by atoms with Gasteiger partial charge in [-0.15, -0.1) is 0 Å². The van der Waals surface area contributed by atoms with E-state index in [-0.39, 0.29) is 18.1 Å². The van der Waals surface area contributed by atoms with E-state index in [4.69, 9.17) is 5.73 Å². The van der Waals surface area contributed by atoms with Gasteiger partial charge in [0.25, 0.3) is 0 Å². The Hall–Kier alpha value is -0.610. The Balaban J connectivity index is 2.42. The maximum absolute atomic E-state index is 11.0. The molecule has 1 aliphatic carbocycles. The van der Waals surface area contributed by atoms with Gasteiger partial charge in [0.05, 0.1) is 12.1 Å². The Morgan fingerprint density at radius 2 is 2.13 bits per heavy atom. The van der Waals surface area contributed by atoms with Gasteiger partial charge in [0, 0.05) is 6.54 Å². The molecular weight excluding hydrogens is 192 g/mol. The number of amides is 1. The number of hydrogen-bond donors (Lipinski definition) is 2. The Labute approximate surface area is 91.4 Å². The summed E-state index contributed by atoms with van der Waals surface area (Å²) >= 11 is 0. The van der Waals surface area contributed by atoms with E-state index in [2.05, 4.69) is 0 Å². The van der Waals surface area contributed by atoms with Gasteiger partial charge in [-0.05, 0) is 32.7 Å². The van der Waals surface area contributed by atoms with Crippen LogP contribution in [-0.2, 0) is 4.79 Å². The molecule has 1 saturated carbocycles. The molecular formula is C11H22N2O2. The molecule has 1 rings (SSSR count). The second-order valence-corrected chi connectivity index (χ2v) is 4.63. The van der Waals surface area contributed by atoms with Crippen LogP contribution in [0.3, 0.4) is 0 Å². The van der Waals surface area contributed by atoms with E-state index in [0.717, 1.165) is 25.8 Å². The summed E-state index contributed by atoms with van der Waals surface area (Å²) < 4.78 is 0. The first-order chi connectivity index (χ1) is 7.02. The minimum absolute atomic E-state index is 0.207. The van der Waals surface area contributed by atoms with Gasteiger partial charge in [-0.3, -0.25) is 9.69 Å². The molecule has 0 aromatic carbocycles. The fraction of sp³-hybridized carbons (Fsp3) is 0.909. The predicted molar refractivity (Wildman–Crippen MR) is 59.3 cm³/mol. The zero-order valence-corrected chi connectivity index (χ0v) is 9.65. The van der Waals surface area contributed by atoms with Gasteiger partial charge < -0.3 is 10.8 Å². The summed E-state index contributed by atoms with van der Waals surface area (Å²) in [5.74, 6) is -0.00616. The van der Waals surface area contributed by atoms with E-state index in [1.807, 2.05) is 11.9 Å². The molecule has 0 radical (unpaired) electrons. The summed E-state index contributed by atoms with van der Waals surface area (Å²) in [6.45, 7) is 2.56. The van der Waals surface area contributed by atoms with Crippen molar-refractivity contribution in [2.24, 2.45) is 11.7 Å². The van der Waals surface area contributed by atoms with Crippen LogP contribution in [0.1, 0.15) is 32.6 Å². The van der Waals surface area contributed by atoms with Crippen LogP contribution in [0.25, 0.3) is 0 Å². The Morgan fingerprint density at radius 3 is 2.67 bits per heavy atom. The zero-order chi connectivity index (χ0) is 11.4. The van der Waals surface area contributed by atoms with Crippen molar-refractivity contribution < 1.29 is 9.90 Å². The molecule has 4 heteroatoms. The topological polar surface area (TPSA) is 66.6 Å².